The van der Waals surface area contributed by atoms with Crippen molar-refractivity contribution in [1.82, 2.24) is 5.43 Å². The van der Waals surface area contributed by atoms with Crippen molar-refractivity contribution in [1.29, 1.82) is 0 Å². The second kappa shape index (κ2) is 6.79. The standard InChI is InChI=1S/C14H17N3O3/c18-14(12-6-2-1-3-7-12)16-15-10-11-5-4-8-13(9-11)17(19)20/h4-5,8-10,12H,1-3,6-7H2,(H,16,18)/b15-10+. The number of hydrogen-bond donors (Lipinski definition) is 1. The molecular formula is C14H17N3O3. The lowest BCUT2D eigenvalue weighted by atomic mass is 9.89. The quantitative estimate of drug-likeness (QED) is 0.520. The molecule has 6 heteroatoms. The molecule has 1 saturated carbocycles. The Morgan fingerprint density at radius 2 is 2.10 bits per heavy atom. The Labute approximate surface area is 117 Å². The molecule has 1 aromatic rings. The molecule has 20 heavy (non-hydrogen) atoms. The second-order valence-corrected chi connectivity index (χ2v) is 4.92. The highest BCUT2D eigenvalue weighted by molar-refractivity contribution is 5.83. The first-order valence-electron chi connectivity index (χ1n) is 6.74. The van der Waals surface area contributed by atoms with E-state index in [1.54, 1.807) is 12.1 Å². The molecule has 1 fully saturated rings. The van der Waals surface area contributed by atoms with E-state index in [4.69, 9.17) is 0 Å². The van der Waals surface area contributed by atoms with Gasteiger partial charge in [-0.05, 0) is 12.8 Å². The first kappa shape index (κ1) is 14.2. The van der Waals surface area contributed by atoms with Crippen molar-refractivity contribution in [3.05, 3.63) is 39.9 Å². The van der Waals surface area contributed by atoms with Crippen molar-refractivity contribution in [2.75, 3.05) is 0 Å². The Morgan fingerprint density at radius 3 is 2.80 bits per heavy atom. The summed E-state index contributed by atoms with van der Waals surface area (Å²) >= 11 is 0. The maximum atomic E-state index is 11.8. The Bertz CT molecular complexity index is 522. The summed E-state index contributed by atoms with van der Waals surface area (Å²) in [6, 6.07) is 6.11. The van der Waals surface area contributed by atoms with Gasteiger partial charge in [0.05, 0.1) is 11.1 Å². The monoisotopic (exact) mass is 275 g/mol. The van der Waals surface area contributed by atoms with Crippen molar-refractivity contribution in [3.63, 3.8) is 0 Å². The van der Waals surface area contributed by atoms with Gasteiger partial charge in [-0.15, -0.1) is 0 Å². The molecule has 0 spiro atoms. The van der Waals surface area contributed by atoms with Gasteiger partial charge in [0.1, 0.15) is 0 Å². The number of hydrazone groups is 1. The summed E-state index contributed by atoms with van der Waals surface area (Å²) in [4.78, 5) is 22.0. The van der Waals surface area contributed by atoms with Gasteiger partial charge in [-0.1, -0.05) is 31.4 Å². The minimum absolute atomic E-state index is 0.00700. The van der Waals surface area contributed by atoms with Crippen LogP contribution in [-0.4, -0.2) is 17.0 Å². The van der Waals surface area contributed by atoms with Crippen LogP contribution < -0.4 is 5.43 Å². The normalized spacial score (nSPS) is 16.2. The lowest BCUT2D eigenvalue weighted by Crippen LogP contribution is -2.28. The number of nitro benzene ring substituents is 1. The number of amides is 1. The largest absolute Gasteiger partial charge is 0.273 e. The lowest BCUT2D eigenvalue weighted by molar-refractivity contribution is -0.384. The van der Waals surface area contributed by atoms with Crippen molar-refractivity contribution < 1.29 is 9.72 Å². The number of non-ortho nitro benzene ring substituents is 1. The molecule has 0 aromatic heterocycles. The second-order valence-electron chi connectivity index (χ2n) is 4.92. The minimum atomic E-state index is -0.460. The predicted octanol–water partition coefficient (Wildman–Crippen LogP) is 2.63. The van der Waals surface area contributed by atoms with E-state index in [0.29, 0.717) is 5.56 Å². The zero-order chi connectivity index (χ0) is 14.4. The Balaban J connectivity index is 1.91. The third-order valence-corrected chi connectivity index (χ3v) is 3.45. The highest BCUT2D eigenvalue weighted by Gasteiger charge is 2.20. The Hall–Kier alpha value is -2.24. The van der Waals surface area contributed by atoms with Crippen LogP contribution in [0.5, 0.6) is 0 Å². The van der Waals surface area contributed by atoms with Gasteiger partial charge >= 0.3 is 0 Å². The summed E-state index contributed by atoms with van der Waals surface area (Å²) in [6.45, 7) is 0. The van der Waals surface area contributed by atoms with Crippen molar-refractivity contribution in [2.45, 2.75) is 32.1 Å². The van der Waals surface area contributed by atoms with E-state index in [2.05, 4.69) is 10.5 Å². The van der Waals surface area contributed by atoms with E-state index in [1.165, 1.54) is 24.8 Å². The minimum Gasteiger partial charge on any atom is -0.273 e. The number of benzene rings is 1. The Morgan fingerprint density at radius 1 is 1.35 bits per heavy atom. The number of nitro groups is 1. The molecule has 0 atom stereocenters. The molecule has 0 saturated heterocycles. The van der Waals surface area contributed by atoms with E-state index in [1.807, 2.05) is 0 Å². The first-order valence-corrected chi connectivity index (χ1v) is 6.74. The Kier molecular flexibility index (Phi) is 4.81. The number of rotatable bonds is 4. The lowest BCUT2D eigenvalue weighted by Gasteiger charge is -2.19. The smallest absolute Gasteiger partial charge is 0.270 e. The predicted molar refractivity (Wildman–Crippen MR) is 75.4 cm³/mol. The number of carbonyl (C=O) groups excluding carboxylic acids is 1. The van der Waals surface area contributed by atoms with Crippen LogP contribution in [0.3, 0.4) is 0 Å². The van der Waals surface area contributed by atoms with E-state index in [-0.39, 0.29) is 17.5 Å². The van der Waals surface area contributed by atoms with Gasteiger partial charge in [-0.3, -0.25) is 14.9 Å². The third-order valence-electron chi connectivity index (χ3n) is 3.45. The number of nitrogens with zero attached hydrogens (tertiary/aromatic N) is 2. The molecule has 1 aromatic carbocycles. The van der Waals surface area contributed by atoms with Gasteiger partial charge in [0.15, 0.2) is 0 Å². The molecule has 106 valence electrons. The van der Waals surface area contributed by atoms with Gasteiger partial charge in [-0.25, -0.2) is 5.43 Å². The molecule has 2 rings (SSSR count). The maximum absolute atomic E-state index is 11.8. The number of hydrogen-bond acceptors (Lipinski definition) is 4. The van der Waals surface area contributed by atoms with Gasteiger partial charge in [-0.2, -0.15) is 5.10 Å². The molecule has 0 unspecified atom stereocenters. The van der Waals surface area contributed by atoms with Crippen molar-refractivity contribution >= 4 is 17.8 Å². The molecule has 1 aliphatic rings. The van der Waals surface area contributed by atoms with Crippen LogP contribution in [0.1, 0.15) is 37.7 Å². The topological polar surface area (TPSA) is 84.6 Å². The fraction of sp³-hybridized carbons (Fsp3) is 0.429. The summed E-state index contributed by atoms with van der Waals surface area (Å²) in [5.74, 6) is -0.0163. The van der Waals surface area contributed by atoms with Gasteiger partial charge < -0.3 is 0 Å². The van der Waals surface area contributed by atoms with Crippen LogP contribution >= 0.6 is 0 Å². The van der Waals surface area contributed by atoms with E-state index in [9.17, 15) is 14.9 Å². The number of carbonyl (C=O) groups is 1. The van der Waals surface area contributed by atoms with E-state index >= 15 is 0 Å². The van der Waals surface area contributed by atoms with Crippen molar-refractivity contribution in [2.24, 2.45) is 11.0 Å². The van der Waals surface area contributed by atoms with Crippen LogP contribution in [0.4, 0.5) is 5.69 Å². The van der Waals surface area contributed by atoms with Gasteiger partial charge in [0.25, 0.3) is 5.69 Å². The fourth-order valence-corrected chi connectivity index (χ4v) is 2.35. The average molecular weight is 275 g/mol. The molecule has 1 aliphatic carbocycles. The number of nitrogens with one attached hydrogen (secondary N) is 1. The molecule has 1 N–H and O–H groups in total. The van der Waals surface area contributed by atoms with Crippen molar-refractivity contribution in [3.8, 4) is 0 Å². The maximum Gasteiger partial charge on any atom is 0.270 e. The summed E-state index contributed by atoms with van der Waals surface area (Å²) in [7, 11) is 0. The zero-order valence-corrected chi connectivity index (χ0v) is 11.1. The van der Waals surface area contributed by atoms with E-state index in [0.717, 1.165) is 25.7 Å². The summed E-state index contributed by atoms with van der Waals surface area (Å²) < 4.78 is 0. The third kappa shape index (κ3) is 3.88. The van der Waals surface area contributed by atoms with Crippen LogP contribution in [0.15, 0.2) is 29.4 Å². The first-order chi connectivity index (χ1) is 9.66. The highest BCUT2D eigenvalue weighted by Crippen LogP contribution is 2.23. The average Bonchev–Trinajstić information content (AvgIpc) is 2.48. The molecular weight excluding hydrogens is 258 g/mol. The van der Waals surface area contributed by atoms with Crippen LogP contribution in [0.2, 0.25) is 0 Å². The molecule has 1 amide bonds. The highest BCUT2D eigenvalue weighted by atomic mass is 16.6. The van der Waals surface area contributed by atoms with Crippen LogP contribution in [0.25, 0.3) is 0 Å². The van der Waals surface area contributed by atoms with Crippen LogP contribution in [0, 0.1) is 16.0 Å². The summed E-state index contributed by atoms with van der Waals surface area (Å²) in [5.41, 5.74) is 3.10. The summed E-state index contributed by atoms with van der Waals surface area (Å²) in [6.07, 6.45) is 6.63. The molecule has 0 bridgehead atoms. The van der Waals surface area contributed by atoms with Gasteiger partial charge in [0, 0.05) is 23.6 Å². The molecule has 6 nitrogen and oxygen atoms in total. The fourth-order valence-electron chi connectivity index (χ4n) is 2.35. The summed E-state index contributed by atoms with van der Waals surface area (Å²) in [5, 5.41) is 14.5. The van der Waals surface area contributed by atoms with Gasteiger partial charge in [0.2, 0.25) is 5.91 Å². The SMILES string of the molecule is O=C(N/N=C/c1cccc([N+](=O)[O-])c1)C1CCCCC1. The molecule has 0 aliphatic heterocycles. The molecule has 0 heterocycles. The zero-order valence-electron chi connectivity index (χ0n) is 11.1. The van der Waals surface area contributed by atoms with Crippen LogP contribution in [-0.2, 0) is 4.79 Å². The van der Waals surface area contributed by atoms with E-state index < -0.39 is 4.92 Å². The molecule has 0 radical (unpaired) electrons.